The highest BCUT2D eigenvalue weighted by atomic mass is 35.5. The second-order valence-corrected chi connectivity index (χ2v) is 9.65. The number of anilines is 1. The van der Waals surface area contributed by atoms with Gasteiger partial charge in [-0.3, -0.25) is 19.5 Å². The van der Waals surface area contributed by atoms with Gasteiger partial charge in [-0.2, -0.15) is 0 Å². The summed E-state index contributed by atoms with van der Waals surface area (Å²) < 4.78 is 20.5. The van der Waals surface area contributed by atoms with Gasteiger partial charge in [0.1, 0.15) is 18.1 Å². The number of carbonyl (C=O) groups is 2. The molecule has 0 saturated heterocycles. The Balaban J connectivity index is 1.40. The second kappa shape index (κ2) is 11.1. The number of nitrogens with one attached hydrogen (secondary N) is 1. The Labute approximate surface area is 224 Å². The summed E-state index contributed by atoms with van der Waals surface area (Å²) >= 11 is 5.97. The molecule has 1 heterocycles. The molecule has 1 aliphatic carbocycles. The van der Waals surface area contributed by atoms with Crippen LogP contribution in [0.3, 0.4) is 0 Å². The fourth-order valence-electron chi connectivity index (χ4n) is 4.11. The highest BCUT2D eigenvalue weighted by molar-refractivity contribution is 6.30. The number of hydrogen-bond donors (Lipinski definition) is 1. The smallest absolute Gasteiger partial charge is 0.254 e. The highest BCUT2D eigenvalue weighted by Gasteiger charge is 2.29. The third-order valence-corrected chi connectivity index (χ3v) is 6.59. The first kappa shape index (κ1) is 25.5. The lowest BCUT2D eigenvalue weighted by Gasteiger charge is -2.22. The lowest BCUT2D eigenvalue weighted by atomic mass is 10.1. The molecular weight excluding hydrogens is 507 g/mol. The van der Waals surface area contributed by atoms with Crippen LogP contribution >= 0.6 is 11.6 Å². The minimum Gasteiger partial charge on any atom is -0.497 e. The van der Waals surface area contributed by atoms with E-state index < -0.39 is 0 Å². The van der Waals surface area contributed by atoms with E-state index >= 15 is 0 Å². The summed E-state index contributed by atoms with van der Waals surface area (Å²) in [5, 5.41) is 3.39. The Morgan fingerprint density at radius 2 is 1.74 bits per heavy atom. The molecule has 194 valence electrons. The van der Waals surface area contributed by atoms with E-state index in [1.165, 1.54) is 12.1 Å². The second-order valence-electron chi connectivity index (χ2n) is 9.21. The number of carbonyl (C=O) groups excluding carboxylic acids is 2. The summed E-state index contributed by atoms with van der Waals surface area (Å²) in [6.07, 6.45) is 3.84. The number of nitrogens with zero attached hydrogens (tertiary/aromatic N) is 3. The lowest BCUT2D eigenvalue weighted by Crippen LogP contribution is -2.39. The van der Waals surface area contributed by atoms with Crippen molar-refractivity contribution in [3.05, 3.63) is 95.4 Å². The fourth-order valence-corrected chi connectivity index (χ4v) is 4.24. The van der Waals surface area contributed by atoms with Crippen molar-refractivity contribution in [1.82, 2.24) is 14.5 Å². The van der Waals surface area contributed by atoms with Gasteiger partial charge in [-0.05, 0) is 91.6 Å². The number of ether oxygens (including phenoxy) is 1. The van der Waals surface area contributed by atoms with Gasteiger partial charge in [-0.1, -0.05) is 11.6 Å². The van der Waals surface area contributed by atoms with Crippen LogP contribution in [0, 0.1) is 11.7 Å². The summed E-state index contributed by atoms with van der Waals surface area (Å²) in [7, 11) is 1.59. The van der Waals surface area contributed by atoms with Gasteiger partial charge in [0.25, 0.3) is 5.91 Å². The molecule has 38 heavy (non-hydrogen) atoms. The van der Waals surface area contributed by atoms with Crippen LogP contribution in [0.2, 0.25) is 5.02 Å². The van der Waals surface area contributed by atoms with Crippen LogP contribution < -0.4 is 10.1 Å². The maximum atomic E-state index is 13.6. The number of methoxy groups -OCH3 is 1. The third kappa shape index (κ3) is 6.03. The molecule has 1 aliphatic rings. The van der Waals surface area contributed by atoms with Crippen molar-refractivity contribution in [2.24, 2.45) is 5.92 Å². The minimum atomic E-state index is -0.386. The number of hydrogen-bond acceptors (Lipinski definition) is 4. The van der Waals surface area contributed by atoms with Gasteiger partial charge >= 0.3 is 0 Å². The first-order valence-electron chi connectivity index (χ1n) is 12.2. The fraction of sp³-hybridized carbons (Fsp3) is 0.207. The van der Waals surface area contributed by atoms with Crippen molar-refractivity contribution < 1.29 is 18.7 Å². The van der Waals surface area contributed by atoms with Crippen molar-refractivity contribution in [3.63, 3.8) is 0 Å². The number of imidazole rings is 1. The zero-order valence-electron chi connectivity index (χ0n) is 20.7. The van der Waals surface area contributed by atoms with Crippen molar-refractivity contribution in [1.29, 1.82) is 0 Å². The van der Waals surface area contributed by atoms with Gasteiger partial charge in [0.05, 0.1) is 12.8 Å². The van der Waals surface area contributed by atoms with Crippen LogP contribution in [0.1, 0.15) is 23.2 Å². The maximum Gasteiger partial charge on any atom is 0.254 e. The van der Waals surface area contributed by atoms with E-state index in [4.69, 9.17) is 16.3 Å². The molecule has 1 aromatic heterocycles. The molecule has 0 atom stereocenters. The van der Waals surface area contributed by atoms with E-state index in [-0.39, 0.29) is 30.1 Å². The molecule has 7 nitrogen and oxygen atoms in total. The van der Waals surface area contributed by atoms with E-state index in [9.17, 15) is 14.0 Å². The molecule has 0 aliphatic heterocycles. The van der Waals surface area contributed by atoms with Gasteiger partial charge in [0, 0.05) is 34.6 Å². The Bertz CT molecular complexity index is 1430. The molecule has 0 radical (unpaired) electrons. The van der Waals surface area contributed by atoms with Gasteiger partial charge in [0.2, 0.25) is 11.9 Å². The molecule has 5 rings (SSSR count). The molecule has 2 amide bonds. The SMILES string of the molecule is COc1ccc(-c2cn(-c3ccc(F)cc3)c(NC(=O)CN(CC3CC3)C(=O)c3ccc(Cl)cc3)n2)cc1. The summed E-state index contributed by atoms with van der Waals surface area (Å²) in [6.45, 7) is 0.366. The van der Waals surface area contributed by atoms with Gasteiger partial charge < -0.3 is 9.64 Å². The topological polar surface area (TPSA) is 76.5 Å². The van der Waals surface area contributed by atoms with Crippen LogP contribution in [-0.4, -0.2) is 46.5 Å². The molecule has 3 aromatic carbocycles. The summed E-state index contributed by atoms with van der Waals surface area (Å²) in [5.74, 6) is 0.375. The van der Waals surface area contributed by atoms with Crippen molar-refractivity contribution in [2.75, 3.05) is 25.5 Å². The number of amides is 2. The van der Waals surface area contributed by atoms with E-state index in [0.717, 1.165) is 18.4 Å². The molecule has 0 unspecified atom stereocenters. The average molecular weight is 533 g/mol. The Morgan fingerprint density at radius 3 is 2.37 bits per heavy atom. The Kier molecular flexibility index (Phi) is 7.42. The minimum absolute atomic E-state index is 0.133. The molecule has 4 aromatic rings. The average Bonchev–Trinajstić information content (AvgIpc) is 3.66. The van der Waals surface area contributed by atoms with Gasteiger partial charge in [-0.25, -0.2) is 9.37 Å². The van der Waals surface area contributed by atoms with Crippen LogP contribution in [0.25, 0.3) is 16.9 Å². The Morgan fingerprint density at radius 1 is 1.05 bits per heavy atom. The number of aromatic nitrogens is 2. The molecule has 9 heteroatoms. The molecular formula is C29H26ClFN4O3. The Hall–Kier alpha value is -4.17. The predicted octanol–water partition coefficient (Wildman–Crippen LogP) is 5.83. The van der Waals surface area contributed by atoms with Crippen LogP contribution in [-0.2, 0) is 4.79 Å². The van der Waals surface area contributed by atoms with Gasteiger partial charge in [-0.15, -0.1) is 0 Å². The lowest BCUT2D eigenvalue weighted by molar-refractivity contribution is -0.117. The largest absolute Gasteiger partial charge is 0.497 e. The molecule has 0 spiro atoms. The number of benzene rings is 3. The molecule has 1 N–H and O–H groups in total. The van der Waals surface area contributed by atoms with Crippen LogP contribution in [0.4, 0.5) is 10.3 Å². The number of rotatable bonds is 9. The van der Waals surface area contributed by atoms with Crippen molar-refractivity contribution in [3.8, 4) is 22.7 Å². The predicted molar refractivity (Wildman–Crippen MR) is 144 cm³/mol. The van der Waals surface area contributed by atoms with E-state index in [1.54, 1.807) is 59.2 Å². The van der Waals surface area contributed by atoms with Crippen molar-refractivity contribution in [2.45, 2.75) is 12.8 Å². The monoisotopic (exact) mass is 532 g/mol. The highest BCUT2D eigenvalue weighted by Crippen LogP contribution is 2.30. The summed E-state index contributed by atoms with van der Waals surface area (Å²) in [4.78, 5) is 32.6. The third-order valence-electron chi connectivity index (χ3n) is 6.34. The van der Waals surface area contributed by atoms with E-state index in [2.05, 4.69) is 10.3 Å². The standard InChI is InChI=1S/C29H26ClFN4O3/c1-38-25-14-6-20(7-15-25)26-17-35(24-12-10-23(31)11-13-24)29(32-26)33-27(36)18-34(16-19-2-3-19)28(37)21-4-8-22(30)9-5-21/h4-15,17,19H,2-3,16,18H2,1H3,(H,32,33,36). The molecule has 1 saturated carbocycles. The van der Waals surface area contributed by atoms with Crippen LogP contribution in [0.5, 0.6) is 5.75 Å². The number of halogens is 2. The van der Waals surface area contributed by atoms with E-state index in [0.29, 0.717) is 40.2 Å². The zero-order chi connectivity index (χ0) is 26.6. The first-order valence-corrected chi connectivity index (χ1v) is 12.6. The van der Waals surface area contributed by atoms with Crippen molar-refractivity contribution >= 4 is 29.4 Å². The summed E-state index contributed by atoms with van der Waals surface area (Å²) in [6, 6.07) is 19.9. The van der Waals surface area contributed by atoms with Gasteiger partial charge in [0.15, 0.2) is 0 Å². The normalized spacial score (nSPS) is 12.7. The molecule has 1 fully saturated rings. The quantitative estimate of drug-likeness (QED) is 0.294. The maximum absolute atomic E-state index is 13.6. The van der Waals surface area contributed by atoms with Crippen LogP contribution in [0.15, 0.2) is 79.0 Å². The first-order chi connectivity index (χ1) is 18.4. The molecule has 0 bridgehead atoms. The zero-order valence-corrected chi connectivity index (χ0v) is 21.5. The van der Waals surface area contributed by atoms with E-state index in [1.807, 2.05) is 24.3 Å². The summed E-state index contributed by atoms with van der Waals surface area (Å²) in [5.41, 5.74) is 2.52.